The van der Waals surface area contributed by atoms with Crippen LogP contribution in [0.25, 0.3) is 0 Å². The molecule has 35 heavy (non-hydrogen) atoms. The molecule has 1 unspecified atom stereocenters. The minimum atomic E-state index is -3.72. The number of aromatic nitrogens is 2. The Bertz CT molecular complexity index is 1400. The summed E-state index contributed by atoms with van der Waals surface area (Å²) in [4.78, 5) is 13.0. The summed E-state index contributed by atoms with van der Waals surface area (Å²) in [7, 11) is -3.72. The highest BCUT2D eigenvalue weighted by Gasteiger charge is 2.26. The van der Waals surface area contributed by atoms with E-state index in [0.717, 1.165) is 30.5 Å². The maximum Gasteiger partial charge on any atom is 0.251 e. The Morgan fingerprint density at radius 3 is 2.60 bits per heavy atom. The average Bonchev–Trinajstić information content (AvgIpc) is 3.55. The van der Waals surface area contributed by atoms with Crippen LogP contribution in [0.15, 0.2) is 88.5 Å². The number of rotatable bonds is 8. The molecule has 0 radical (unpaired) electrons. The van der Waals surface area contributed by atoms with Gasteiger partial charge in [0.15, 0.2) is 0 Å². The molecule has 9 heteroatoms. The Hall–Kier alpha value is -3.69. The molecule has 0 saturated heterocycles. The number of carbonyl (C=O) groups excluding carboxylic acids is 1. The number of nitrogens with zero attached hydrogens (tertiary/aromatic N) is 2. The van der Waals surface area contributed by atoms with Crippen LogP contribution >= 0.6 is 0 Å². The van der Waals surface area contributed by atoms with E-state index in [0.29, 0.717) is 17.9 Å². The first-order chi connectivity index (χ1) is 17.0. The molecule has 2 aromatic carbocycles. The van der Waals surface area contributed by atoms with Crippen LogP contribution in [0.1, 0.15) is 51.8 Å². The molecule has 0 fully saturated rings. The molecule has 2 N–H and O–H groups in total. The number of benzene rings is 2. The van der Waals surface area contributed by atoms with E-state index in [1.54, 1.807) is 12.1 Å². The van der Waals surface area contributed by atoms with Gasteiger partial charge in [-0.05, 0) is 61.2 Å². The Balaban J connectivity index is 1.25. The van der Waals surface area contributed by atoms with E-state index in [9.17, 15) is 13.2 Å². The highest BCUT2D eigenvalue weighted by atomic mass is 32.2. The van der Waals surface area contributed by atoms with E-state index in [1.807, 2.05) is 29.1 Å². The Morgan fingerprint density at radius 1 is 1.06 bits per heavy atom. The summed E-state index contributed by atoms with van der Waals surface area (Å²) in [6.07, 6.45) is 6.05. The molecule has 2 aromatic heterocycles. The third kappa shape index (κ3) is 5.21. The molecule has 4 aromatic rings. The lowest BCUT2D eigenvalue weighted by molar-refractivity contribution is 0.0932. The van der Waals surface area contributed by atoms with Gasteiger partial charge in [0, 0.05) is 16.8 Å². The standard InChI is InChI=1S/C26H26N4O4S/c31-26(20-11-13-22(14-12-20)35(32,33)28-16-21-8-5-15-34-21)29-24-9-4-10-25-23(24)17-27-30(25)18-19-6-2-1-3-7-19/h1-3,5-8,11-15,17,24,28H,4,9-10,16,18H2,(H,29,31). The van der Waals surface area contributed by atoms with Crippen molar-refractivity contribution in [1.29, 1.82) is 0 Å². The van der Waals surface area contributed by atoms with Crippen molar-refractivity contribution in [2.75, 3.05) is 0 Å². The lowest BCUT2D eigenvalue weighted by Gasteiger charge is -2.24. The number of furan rings is 1. The van der Waals surface area contributed by atoms with Gasteiger partial charge < -0.3 is 9.73 Å². The maximum absolute atomic E-state index is 12.9. The van der Waals surface area contributed by atoms with Crippen LogP contribution in [0.5, 0.6) is 0 Å². The maximum atomic E-state index is 12.9. The van der Waals surface area contributed by atoms with E-state index < -0.39 is 10.0 Å². The number of hydrogen-bond acceptors (Lipinski definition) is 5. The SMILES string of the molecule is O=C(NC1CCCc2c1cnn2Cc1ccccc1)c1ccc(S(=O)(=O)NCc2ccco2)cc1. The summed E-state index contributed by atoms with van der Waals surface area (Å²) in [6.45, 7) is 0.750. The van der Waals surface area contributed by atoms with Gasteiger partial charge in [-0.25, -0.2) is 13.1 Å². The fraction of sp³-hybridized carbons (Fsp3) is 0.231. The van der Waals surface area contributed by atoms with Gasteiger partial charge in [0.25, 0.3) is 5.91 Å². The van der Waals surface area contributed by atoms with Crippen molar-refractivity contribution in [2.45, 2.75) is 43.3 Å². The van der Waals surface area contributed by atoms with E-state index in [2.05, 4.69) is 27.3 Å². The summed E-state index contributed by atoms with van der Waals surface area (Å²) in [5.74, 6) is 0.273. The van der Waals surface area contributed by atoms with Crippen LogP contribution in [-0.2, 0) is 29.5 Å². The van der Waals surface area contributed by atoms with Crippen molar-refractivity contribution in [3.63, 3.8) is 0 Å². The van der Waals surface area contributed by atoms with E-state index >= 15 is 0 Å². The number of amides is 1. The molecular weight excluding hydrogens is 464 g/mol. The molecule has 0 bridgehead atoms. The molecule has 8 nitrogen and oxygen atoms in total. The molecule has 0 saturated carbocycles. The predicted octanol–water partition coefficient (Wildman–Crippen LogP) is 3.81. The molecule has 1 atom stereocenters. The fourth-order valence-electron chi connectivity index (χ4n) is 4.35. The molecule has 0 spiro atoms. The second-order valence-corrected chi connectivity index (χ2v) is 10.3. The topological polar surface area (TPSA) is 106 Å². The van der Waals surface area contributed by atoms with E-state index in [4.69, 9.17) is 4.42 Å². The second-order valence-electron chi connectivity index (χ2n) is 8.54. The van der Waals surface area contributed by atoms with Gasteiger partial charge in [-0.15, -0.1) is 0 Å². The third-order valence-corrected chi connectivity index (χ3v) is 7.60. The summed E-state index contributed by atoms with van der Waals surface area (Å²) in [5, 5.41) is 7.68. The molecule has 1 aliphatic carbocycles. The number of hydrogen-bond donors (Lipinski definition) is 2. The molecule has 1 amide bonds. The molecular formula is C26H26N4O4S. The molecule has 180 valence electrons. The minimum absolute atomic E-state index is 0.0551. The Morgan fingerprint density at radius 2 is 1.86 bits per heavy atom. The fourth-order valence-corrected chi connectivity index (χ4v) is 5.34. The summed E-state index contributed by atoms with van der Waals surface area (Å²) >= 11 is 0. The Labute approximate surface area is 204 Å². The smallest absolute Gasteiger partial charge is 0.251 e. The summed E-state index contributed by atoms with van der Waals surface area (Å²) in [5.41, 5.74) is 3.77. The normalized spacial score (nSPS) is 15.5. The largest absolute Gasteiger partial charge is 0.468 e. The molecule has 0 aliphatic heterocycles. The second kappa shape index (κ2) is 9.89. The lowest BCUT2D eigenvalue weighted by atomic mass is 9.92. The summed E-state index contributed by atoms with van der Waals surface area (Å²) in [6, 6.07) is 19.4. The van der Waals surface area contributed by atoms with E-state index in [1.165, 1.54) is 36.1 Å². The molecule has 5 rings (SSSR count). The first-order valence-corrected chi connectivity index (χ1v) is 13.0. The van der Waals surface area contributed by atoms with Gasteiger partial charge in [-0.3, -0.25) is 9.48 Å². The van der Waals surface area contributed by atoms with Crippen molar-refractivity contribution in [1.82, 2.24) is 19.8 Å². The van der Waals surface area contributed by atoms with Crippen LogP contribution in [0.2, 0.25) is 0 Å². The van der Waals surface area contributed by atoms with Crippen molar-refractivity contribution in [3.8, 4) is 0 Å². The highest BCUT2D eigenvalue weighted by Crippen LogP contribution is 2.30. The van der Waals surface area contributed by atoms with E-state index in [-0.39, 0.29) is 23.4 Å². The molecule has 2 heterocycles. The van der Waals surface area contributed by atoms with Crippen molar-refractivity contribution < 1.29 is 17.6 Å². The minimum Gasteiger partial charge on any atom is -0.468 e. The van der Waals surface area contributed by atoms with Crippen molar-refractivity contribution in [2.24, 2.45) is 0 Å². The zero-order valence-electron chi connectivity index (χ0n) is 19.1. The highest BCUT2D eigenvalue weighted by molar-refractivity contribution is 7.89. The van der Waals surface area contributed by atoms with Gasteiger partial charge in [0.05, 0.1) is 36.5 Å². The zero-order valence-corrected chi connectivity index (χ0v) is 19.9. The summed E-state index contributed by atoms with van der Waals surface area (Å²) < 4.78 is 34.7. The Kier molecular flexibility index (Phi) is 6.52. The number of sulfonamides is 1. The van der Waals surface area contributed by atoms with Crippen LogP contribution in [0, 0.1) is 0 Å². The zero-order chi connectivity index (χ0) is 24.3. The molecule has 1 aliphatic rings. The number of carbonyl (C=O) groups is 1. The van der Waals surface area contributed by atoms with Crippen LogP contribution in [0.3, 0.4) is 0 Å². The third-order valence-electron chi connectivity index (χ3n) is 6.19. The van der Waals surface area contributed by atoms with Crippen LogP contribution < -0.4 is 10.0 Å². The van der Waals surface area contributed by atoms with Crippen molar-refractivity contribution in [3.05, 3.63) is 107 Å². The van der Waals surface area contributed by atoms with Gasteiger partial charge in [-0.2, -0.15) is 5.10 Å². The van der Waals surface area contributed by atoms with Gasteiger partial charge >= 0.3 is 0 Å². The first kappa shape index (κ1) is 23.1. The van der Waals surface area contributed by atoms with Gasteiger partial charge in [0.2, 0.25) is 10.0 Å². The first-order valence-electron chi connectivity index (χ1n) is 11.5. The number of fused-ring (bicyclic) bond motifs is 1. The van der Waals surface area contributed by atoms with Crippen molar-refractivity contribution >= 4 is 15.9 Å². The quantitative estimate of drug-likeness (QED) is 0.391. The average molecular weight is 491 g/mol. The monoisotopic (exact) mass is 490 g/mol. The van der Waals surface area contributed by atoms with Crippen LogP contribution in [0.4, 0.5) is 0 Å². The van der Waals surface area contributed by atoms with Crippen LogP contribution in [-0.4, -0.2) is 24.1 Å². The number of nitrogens with one attached hydrogen (secondary N) is 2. The van der Waals surface area contributed by atoms with Gasteiger partial charge in [0.1, 0.15) is 5.76 Å². The predicted molar refractivity (Wildman–Crippen MR) is 130 cm³/mol. The van der Waals surface area contributed by atoms with Gasteiger partial charge in [-0.1, -0.05) is 30.3 Å². The lowest BCUT2D eigenvalue weighted by Crippen LogP contribution is -2.31.